The first-order chi connectivity index (χ1) is 7.29. The molecule has 0 bridgehead atoms. The first-order valence-corrected chi connectivity index (χ1v) is 5.32. The molecule has 1 aliphatic rings. The molecule has 0 aliphatic carbocycles. The summed E-state index contributed by atoms with van der Waals surface area (Å²) in [5, 5.41) is 3.21. The number of anilines is 1. The van der Waals surface area contributed by atoms with Crippen molar-refractivity contribution in [1.29, 1.82) is 0 Å². The summed E-state index contributed by atoms with van der Waals surface area (Å²) in [5.41, 5.74) is 0.967. The molecule has 1 atom stereocenters. The van der Waals surface area contributed by atoms with Crippen molar-refractivity contribution in [1.82, 2.24) is 5.32 Å². The van der Waals surface area contributed by atoms with Gasteiger partial charge in [-0.3, -0.25) is 4.79 Å². The fourth-order valence-electron chi connectivity index (χ4n) is 1.92. The third kappa shape index (κ3) is 2.74. The molecule has 1 amide bonds. The summed E-state index contributed by atoms with van der Waals surface area (Å²) in [4.78, 5) is 13.8. The van der Waals surface area contributed by atoms with Crippen molar-refractivity contribution in [2.45, 2.75) is 6.42 Å². The Hall–Kier alpha value is -1.06. The molecule has 1 heterocycles. The lowest BCUT2D eigenvalue weighted by Gasteiger charge is -2.20. The number of hydrogen-bond acceptors (Lipinski definition) is 2. The fraction of sp³-hybridized carbons (Fsp3) is 0.417. The minimum absolute atomic E-state index is 0. The smallest absolute Gasteiger partial charge is 0.231 e. The molecular weight excluding hydrogens is 224 g/mol. The van der Waals surface area contributed by atoms with E-state index in [0.717, 1.165) is 25.2 Å². The summed E-state index contributed by atoms with van der Waals surface area (Å²) in [6.07, 6.45) is 0.954. The van der Waals surface area contributed by atoms with E-state index < -0.39 is 0 Å². The number of carbonyl (C=O) groups is 1. The summed E-state index contributed by atoms with van der Waals surface area (Å²) < 4.78 is 0. The summed E-state index contributed by atoms with van der Waals surface area (Å²) in [5.74, 6) is 0.362. The van der Waals surface area contributed by atoms with Crippen LogP contribution in [0.4, 0.5) is 5.69 Å². The van der Waals surface area contributed by atoms with Crippen LogP contribution in [-0.4, -0.2) is 26.0 Å². The molecule has 4 heteroatoms. The zero-order chi connectivity index (χ0) is 10.7. The predicted molar refractivity (Wildman–Crippen MR) is 68.1 cm³/mol. The lowest BCUT2D eigenvalue weighted by Crippen LogP contribution is -2.33. The van der Waals surface area contributed by atoms with Gasteiger partial charge in [-0.1, -0.05) is 18.2 Å². The van der Waals surface area contributed by atoms with Gasteiger partial charge in [0.25, 0.3) is 0 Å². The fourth-order valence-corrected chi connectivity index (χ4v) is 1.92. The van der Waals surface area contributed by atoms with Crippen LogP contribution in [0.5, 0.6) is 0 Å². The zero-order valence-corrected chi connectivity index (χ0v) is 10.2. The van der Waals surface area contributed by atoms with Crippen molar-refractivity contribution in [2.75, 3.05) is 25.0 Å². The molecule has 0 spiro atoms. The third-order valence-electron chi connectivity index (χ3n) is 2.88. The van der Waals surface area contributed by atoms with Crippen LogP contribution in [0.25, 0.3) is 0 Å². The highest BCUT2D eigenvalue weighted by Gasteiger charge is 2.25. The summed E-state index contributed by atoms with van der Waals surface area (Å²) in [6, 6.07) is 9.78. The van der Waals surface area contributed by atoms with Gasteiger partial charge in [-0.25, -0.2) is 0 Å². The quantitative estimate of drug-likeness (QED) is 0.853. The number of benzene rings is 1. The molecule has 1 unspecified atom stereocenters. The van der Waals surface area contributed by atoms with E-state index >= 15 is 0 Å². The summed E-state index contributed by atoms with van der Waals surface area (Å²) in [7, 11) is 1.84. The Morgan fingerprint density at radius 2 is 2.06 bits per heavy atom. The van der Waals surface area contributed by atoms with Crippen molar-refractivity contribution in [3.8, 4) is 0 Å². The molecule has 88 valence electrons. The van der Waals surface area contributed by atoms with Gasteiger partial charge in [-0.15, -0.1) is 12.4 Å². The normalized spacial score (nSPS) is 18.9. The maximum absolute atomic E-state index is 12.0. The number of rotatable bonds is 2. The number of carbonyl (C=O) groups excluding carboxylic acids is 1. The van der Waals surface area contributed by atoms with E-state index in [1.54, 1.807) is 4.90 Å². The maximum Gasteiger partial charge on any atom is 0.231 e. The van der Waals surface area contributed by atoms with E-state index in [2.05, 4.69) is 5.32 Å². The van der Waals surface area contributed by atoms with Gasteiger partial charge in [-0.2, -0.15) is 0 Å². The van der Waals surface area contributed by atoms with Gasteiger partial charge in [0.1, 0.15) is 0 Å². The Morgan fingerprint density at radius 1 is 1.38 bits per heavy atom. The number of halogens is 1. The molecule has 1 aliphatic heterocycles. The van der Waals surface area contributed by atoms with E-state index in [-0.39, 0.29) is 24.2 Å². The Kier molecular flexibility index (Phi) is 4.77. The minimum Gasteiger partial charge on any atom is -0.316 e. The average Bonchev–Trinajstić information content (AvgIpc) is 2.82. The number of hydrogen-bond donors (Lipinski definition) is 1. The van der Waals surface area contributed by atoms with E-state index in [9.17, 15) is 4.79 Å². The van der Waals surface area contributed by atoms with E-state index in [4.69, 9.17) is 0 Å². The van der Waals surface area contributed by atoms with Gasteiger partial charge in [0.05, 0.1) is 5.92 Å². The Balaban J connectivity index is 0.00000128. The van der Waals surface area contributed by atoms with Crippen LogP contribution in [0, 0.1) is 5.92 Å². The van der Waals surface area contributed by atoms with Gasteiger partial charge < -0.3 is 10.2 Å². The van der Waals surface area contributed by atoms with Crippen LogP contribution in [0.2, 0.25) is 0 Å². The number of nitrogens with zero attached hydrogens (tertiary/aromatic N) is 1. The van der Waals surface area contributed by atoms with E-state index in [0.29, 0.717) is 0 Å². The molecule has 0 aromatic heterocycles. The largest absolute Gasteiger partial charge is 0.316 e. The molecule has 1 fully saturated rings. The molecule has 0 radical (unpaired) electrons. The average molecular weight is 241 g/mol. The van der Waals surface area contributed by atoms with Crippen molar-refractivity contribution < 1.29 is 4.79 Å². The highest BCUT2D eigenvalue weighted by molar-refractivity contribution is 5.94. The monoisotopic (exact) mass is 240 g/mol. The highest BCUT2D eigenvalue weighted by atomic mass is 35.5. The summed E-state index contributed by atoms with van der Waals surface area (Å²) >= 11 is 0. The van der Waals surface area contributed by atoms with Crippen LogP contribution >= 0.6 is 12.4 Å². The second-order valence-corrected chi connectivity index (χ2v) is 3.92. The SMILES string of the molecule is CN(C(=O)C1CCNC1)c1ccccc1.Cl. The molecule has 1 saturated heterocycles. The van der Waals surface area contributed by atoms with Crippen molar-refractivity contribution in [3.05, 3.63) is 30.3 Å². The van der Waals surface area contributed by atoms with Gasteiger partial charge in [0.15, 0.2) is 0 Å². The van der Waals surface area contributed by atoms with Gasteiger partial charge in [0.2, 0.25) is 5.91 Å². The maximum atomic E-state index is 12.0. The van der Waals surface area contributed by atoms with Gasteiger partial charge >= 0.3 is 0 Å². The van der Waals surface area contributed by atoms with Gasteiger partial charge in [-0.05, 0) is 25.1 Å². The lowest BCUT2D eigenvalue weighted by molar-refractivity contribution is -0.121. The number of amides is 1. The Labute approximate surface area is 102 Å². The second-order valence-electron chi connectivity index (χ2n) is 3.92. The van der Waals surface area contributed by atoms with Crippen LogP contribution in [0.3, 0.4) is 0 Å². The minimum atomic E-state index is 0. The van der Waals surface area contributed by atoms with Crippen molar-refractivity contribution >= 4 is 24.0 Å². The second kappa shape index (κ2) is 5.87. The first kappa shape index (κ1) is 13.0. The molecule has 1 N–H and O–H groups in total. The molecule has 0 saturated carbocycles. The number of nitrogens with one attached hydrogen (secondary N) is 1. The molecule has 2 rings (SSSR count). The van der Waals surface area contributed by atoms with Crippen LogP contribution in [-0.2, 0) is 4.79 Å². The van der Waals surface area contributed by atoms with Crippen LogP contribution < -0.4 is 10.2 Å². The Morgan fingerprint density at radius 3 is 2.62 bits per heavy atom. The topological polar surface area (TPSA) is 32.3 Å². The van der Waals surface area contributed by atoms with E-state index in [1.807, 2.05) is 37.4 Å². The highest BCUT2D eigenvalue weighted by Crippen LogP contribution is 2.17. The van der Waals surface area contributed by atoms with Crippen molar-refractivity contribution in [2.24, 2.45) is 5.92 Å². The predicted octanol–water partition coefficient (Wildman–Crippen LogP) is 1.68. The summed E-state index contributed by atoms with van der Waals surface area (Å²) in [6.45, 7) is 1.77. The first-order valence-electron chi connectivity index (χ1n) is 5.32. The van der Waals surface area contributed by atoms with E-state index in [1.165, 1.54) is 0 Å². The Bertz CT molecular complexity index is 336. The molecular formula is C12H17ClN2O. The molecule has 1 aromatic rings. The standard InChI is InChI=1S/C12H16N2O.ClH/c1-14(11-5-3-2-4-6-11)12(15)10-7-8-13-9-10;/h2-6,10,13H,7-9H2,1H3;1H. The number of para-hydroxylation sites is 1. The lowest BCUT2D eigenvalue weighted by atomic mass is 10.1. The third-order valence-corrected chi connectivity index (χ3v) is 2.88. The van der Waals surface area contributed by atoms with Crippen molar-refractivity contribution in [3.63, 3.8) is 0 Å². The van der Waals surface area contributed by atoms with Gasteiger partial charge in [0, 0.05) is 19.3 Å². The molecule has 1 aromatic carbocycles. The molecule has 16 heavy (non-hydrogen) atoms. The zero-order valence-electron chi connectivity index (χ0n) is 9.35. The van der Waals surface area contributed by atoms with Crippen LogP contribution in [0.15, 0.2) is 30.3 Å². The van der Waals surface area contributed by atoms with Crippen LogP contribution in [0.1, 0.15) is 6.42 Å². The molecule has 3 nitrogen and oxygen atoms in total.